The van der Waals surface area contributed by atoms with Crippen LogP contribution in [0.3, 0.4) is 0 Å². The first-order chi connectivity index (χ1) is 19.9. The normalized spacial score (nSPS) is 18.9. The molecular formula is C32H35FN2O6S. The summed E-state index contributed by atoms with van der Waals surface area (Å²) in [7, 11) is -4.03. The van der Waals surface area contributed by atoms with Crippen molar-refractivity contribution in [2.24, 2.45) is 11.3 Å². The number of nitrogens with one attached hydrogen (secondary N) is 1. The van der Waals surface area contributed by atoms with Crippen LogP contribution in [-0.2, 0) is 21.2 Å². The van der Waals surface area contributed by atoms with Crippen molar-refractivity contribution in [3.05, 3.63) is 94.3 Å². The second-order valence-electron chi connectivity index (χ2n) is 11.9. The Bertz CT molecular complexity index is 1640. The Labute approximate surface area is 245 Å². The summed E-state index contributed by atoms with van der Waals surface area (Å²) in [5, 5.41) is 14.0. The number of phenolic OH excluding ortho intramolecular Hbond substituents is 1. The van der Waals surface area contributed by atoms with Gasteiger partial charge in [0.25, 0.3) is 0 Å². The van der Waals surface area contributed by atoms with Gasteiger partial charge in [0.2, 0.25) is 0 Å². The number of phenols is 1. The number of aromatic hydroxyl groups is 1. The first kappa shape index (κ1) is 29.4. The first-order valence-corrected chi connectivity index (χ1v) is 15.5. The van der Waals surface area contributed by atoms with E-state index in [4.69, 9.17) is 9.47 Å². The van der Waals surface area contributed by atoms with Gasteiger partial charge in [-0.05, 0) is 47.6 Å². The Kier molecular flexibility index (Phi) is 7.94. The fourth-order valence-electron chi connectivity index (χ4n) is 5.45. The maximum Gasteiger partial charge on any atom is 0.415 e. The van der Waals surface area contributed by atoms with Gasteiger partial charge in [-0.2, -0.15) is 0 Å². The average Bonchev–Trinajstić information content (AvgIpc) is 3.05. The molecule has 5 rings (SSSR count). The van der Waals surface area contributed by atoms with Crippen LogP contribution < -0.4 is 15.0 Å². The summed E-state index contributed by atoms with van der Waals surface area (Å²) in [6.45, 7) is 7.68. The number of fused-ring (bicyclic) bond motifs is 1. The van der Waals surface area contributed by atoms with Crippen LogP contribution in [0.1, 0.15) is 51.3 Å². The first-order valence-electron chi connectivity index (χ1n) is 13.8. The minimum Gasteiger partial charge on any atom is -0.506 e. The largest absolute Gasteiger partial charge is 0.506 e. The van der Waals surface area contributed by atoms with Gasteiger partial charge in [0.05, 0.1) is 23.0 Å². The predicted molar refractivity (Wildman–Crippen MR) is 160 cm³/mol. The number of sulfone groups is 1. The van der Waals surface area contributed by atoms with E-state index in [1.807, 2.05) is 58.0 Å². The molecule has 2 aliphatic heterocycles. The molecule has 1 atom stereocenters. The van der Waals surface area contributed by atoms with Crippen molar-refractivity contribution >= 4 is 27.3 Å². The second-order valence-corrected chi connectivity index (χ2v) is 13.9. The number of hydrogen-bond donors (Lipinski definition) is 2. The van der Waals surface area contributed by atoms with E-state index < -0.39 is 33.2 Å². The lowest BCUT2D eigenvalue weighted by molar-refractivity contribution is 0.138. The van der Waals surface area contributed by atoms with Gasteiger partial charge < -0.3 is 19.9 Å². The fraction of sp³-hybridized carbons (Fsp3) is 0.344. The number of halogens is 1. The number of nitrogens with zero attached hydrogens (tertiary/aromatic N) is 1. The van der Waals surface area contributed by atoms with Gasteiger partial charge in [0.15, 0.2) is 9.84 Å². The lowest BCUT2D eigenvalue weighted by atomic mass is 9.88. The van der Waals surface area contributed by atoms with E-state index >= 15 is 4.39 Å². The average molecular weight is 595 g/mol. The number of amides is 1. The van der Waals surface area contributed by atoms with Crippen molar-refractivity contribution < 1.29 is 32.2 Å². The van der Waals surface area contributed by atoms with Crippen LogP contribution >= 0.6 is 0 Å². The molecule has 8 nitrogen and oxygen atoms in total. The monoisotopic (exact) mass is 594 g/mol. The van der Waals surface area contributed by atoms with E-state index in [0.717, 1.165) is 10.5 Å². The molecule has 0 bridgehead atoms. The Morgan fingerprint density at radius 3 is 2.55 bits per heavy atom. The van der Waals surface area contributed by atoms with Crippen molar-refractivity contribution in [3.8, 4) is 11.5 Å². The van der Waals surface area contributed by atoms with Crippen LogP contribution in [0.2, 0.25) is 0 Å². The molecule has 0 fully saturated rings. The summed E-state index contributed by atoms with van der Waals surface area (Å²) in [6.07, 6.45) is -0.569. The van der Waals surface area contributed by atoms with Crippen LogP contribution in [0, 0.1) is 17.2 Å². The Balaban J connectivity index is 1.68. The van der Waals surface area contributed by atoms with E-state index in [1.165, 1.54) is 24.3 Å². The molecule has 0 saturated carbocycles. The number of benzene rings is 3. The highest BCUT2D eigenvalue weighted by Gasteiger charge is 2.48. The lowest BCUT2D eigenvalue weighted by Gasteiger charge is -2.37. The standard InChI is InChI=1S/C32H35FN2O6S/c1-20(2)17-41-31(37)35-26-11-8-12-27(36)28(26)34-25-16-32(3,4)19-42(38,39)30(25)29(35)23-14-13-22(15-24(23)33)40-18-21-9-6-5-7-10-21/h5-15,20,29,34,36H,16-19H2,1-4H3. The number of carbonyl (C=O) groups is 1. The topological polar surface area (TPSA) is 105 Å². The third-order valence-electron chi connectivity index (χ3n) is 7.18. The van der Waals surface area contributed by atoms with Crippen LogP contribution in [0.4, 0.5) is 20.6 Å². The third-order valence-corrected chi connectivity index (χ3v) is 9.48. The Hall–Kier alpha value is -4.05. The van der Waals surface area contributed by atoms with Gasteiger partial charge in [-0.25, -0.2) is 17.6 Å². The third kappa shape index (κ3) is 5.94. The van der Waals surface area contributed by atoms with Gasteiger partial charge in [-0.1, -0.05) is 64.1 Å². The van der Waals surface area contributed by atoms with Gasteiger partial charge in [-0.15, -0.1) is 0 Å². The Morgan fingerprint density at radius 1 is 1.12 bits per heavy atom. The molecule has 1 unspecified atom stereocenters. The molecule has 3 aromatic carbocycles. The number of anilines is 2. The van der Waals surface area contributed by atoms with Crippen molar-refractivity contribution in [1.29, 1.82) is 0 Å². The molecule has 10 heteroatoms. The quantitative estimate of drug-likeness (QED) is 0.298. The highest BCUT2D eigenvalue weighted by atomic mass is 32.2. The van der Waals surface area contributed by atoms with E-state index in [9.17, 15) is 18.3 Å². The molecule has 42 heavy (non-hydrogen) atoms. The van der Waals surface area contributed by atoms with Crippen molar-refractivity contribution in [3.63, 3.8) is 0 Å². The Morgan fingerprint density at radius 2 is 1.86 bits per heavy atom. The SMILES string of the molecule is CC(C)COC(=O)N1c2cccc(O)c2NC2=C(C1c1ccc(OCc3ccccc3)cc1F)S(=O)(=O)CC(C)(C)C2. The van der Waals surface area contributed by atoms with Crippen LogP contribution in [0.25, 0.3) is 0 Å². The van der Waals surface area contributed by atoms with Crippen molar-refractivity contribution in [1.82, 2.24) is 0 Å². The number of allylic oxidation sites excluding steroid dienone is 1. The zero-order valence-electron chi connectivity index (χ0n) is 24.1. The molecule has 0 aliphatic carbocycles. The van der Waals surface area contributed by atoms with E-state index in [0.29, 0.717) is 12.1 Å². The van der Waals surface area contributed by atoms with Crippen LogP contribution in [0.5, 0.6) is 11.5 Å². The second kappa shape index (κ2) is 11.3. The minimum absolute atomic E-state index is 0.00655. The lowest BCUT2D eigenvalue weighted by Crippen LogP contribution is -2.41. The zero-order chi connectivity index (χ0) is 30.2. The van der Waals surface area contributed by atoms with Crippen LogP contribution in [-0.4, -0.2) is 32.0 Å². The molecule has 0 radical (unpaired) electrons. The molecule has 2 N–H and O–H groups in total. The van der Waals surface area contributed by atoms with Gasteiger partial charge in [0.1, 0.15) is 35.7 Å². The maximum absolute atomic E-state index is 16.1. The van der Waals surface area contributed by atoms with E-state index in [2.05, 4.69) is 5.32 Å². The molecule has 0 spiro atoms. The summed E-state index contributed by atoms with van der Waals surface area (Å²) in [5.74, 6) is -0.891. The summed E-state index contributed by atoms with van der Waals surface area (Å²) >= 11 is 0. The minimum atomic E-state index is -4.03. The van der Waals surface area contributed by atoms with Crippen molar-refractivity contribution in [2.75, 3.05) is 22.6 Å². The summed E-state index contributed by atoms with van der Waals surface area (Å²) in [4.78, 5) is 14.8. The molecule has 222 valence electrons. The van der Waals surface area contributed by atoms with Gasteiger partial charge >= 0.3 is 6.09 Å². The highest BCUT2D eigenvalue weighted by molar-refractivity contribution is 7.95. The number of para-hydroxylation sites is 1. The smallest absolute Gasteiger partial charge is 0.415 e. The van der Waals surface area contributed by atoms with Crippen LogP contribution in [0.15, 0.2) is 77.3 Å². The van der Waals surface area contributed by atoms with E-state index in [-0.39, 0.29) is 58.2 Å². The number of rotatable bonds is 6. The maximum atomic E-state index is 16.1. The van der Waals surface area contributed by atoms with Gasteiger partial charge in [-0.3, -0.25) is 4.90 Å². The summed E-state index contributed by atoms with van der Waals surface area (Å²) in [6, 6.07) is 16.7. The molecular weight excluding hydrogens is 559 g/mol. The molecule has 0 saturated heterocycles. The predicted octanol–water partition coefficient (Wildman–Crippen LogP) is 6.93. The zero-order valence-corrected chi connectivity index (χ0v) is 24.9. The number of carbonyl (C=O) groups excluding carboxylic acids is 1. The fourth-order valence-corrected chi connectivity index (χ4v) is 7.81. The molecule has 1 amide bonds. The van der Waals surface area contributed by atoms with Crippen molar-refractivity contribution in [2.45, 2.75) is 46.8 Å². The molecule has 2 aliphatic rings. The highest BCUT2D eigenvalue weighted by Crippen LogP contribution is 2.51. The molecule has 0 aromatic heterocycles. The summed E-state index contributed by atoms with van der Waals surface area (Å²) < 4.78 is 55.5. The van der Waals surface area contributed by atoms with E-state index in [1.54, 1.807) is 12.1 Å². The molecule has 3 aromatic rings. The summed E-state index contributed by atoms with van der Waals surface area (Å²) in [5.41, 5.74) is 0.809. The molecule has 2 heterocycles. The number of ether oxygens (including phenoxy) is 2. The van der Waals surface area contributed by atoms with Gasteiger partial charge in [0, 0.05) is 17.3 Å². The number of hydrogen-bond acceptors (Lipinski definition) is 7.